The summed E-state index contributed by atoms with van der Waals surface area (Å²) in [5.41, 5.74) is 8.19. The van der Waals surface area contributed by atoms with E-state index < -0.39 is 18.3 Å². The van der Waals surface area contributed by atoms with E-state index >= 15 is 0 Å². The normalized spacial score (nSPS) is 12.2. The summed E-state index contributed by atoms with van der Waals surface area (Å²) in [7, 11) is 0. The number of phenolic OH excluding ortho intramolecular Hbond substituents is 1. The third kappa shape index (κ3) is 9.33. The van der Waals surface area contributed by atoms with Crippen LogP contribution in [-0.2, 0) is 9.53 Å². The van der Waals surface area contributed by atoms with Gasteiger partial charge in [-0.15, -0.1) is 0 Å². The summed E-state index contributed by atoms with van der Waals surface area (Å²) in [5.74, 6) is 0.0374. The van der Waals surface area contributed by atoms with E-state index in [1.54, 1.807) is 78.9 Å². The molecule has 0 spiro atoms. The smallest absolute Gasteiger partial charge is 0.412 e. The Bertz CT molecular complexity index is 1630. The van der Waals surface area contributed by atoms with Crippen molar-refractivity contribution < 1.29 is 29.0 Å². The van der Waals surface area contributed by atoms with Gasteiger partial charge in [0.05, 0.1) is 11.4 Å². The van der Waals surface area contributed by atoms with Crippen LogP contribution >= 0.6 is 22.6 Å². The molecule has 0 saturated heterocycles. The lowest BCUT2D eigenvalue weighted by molar-refractivity contribution is -0.111. The fraction of sp³-hybridized carbons (Fsp3) is 0.147. The lowest BCUT2D eigenvalue weighted by atomic mass is 9.99. The molecule has 0 radical (unpaired) electrons. The SMILES string of the molecule is CC(=O)c1ccc(NC(=O)O[C@H](c2cc(I)ccc2O)[C@@H](CC/C=C/C(=O)Nc2ccccc2N)Oc2ccccc2)cc1. The van der Waals surface area contributed by atoms with E-state index in [0.717, 1.165) is 3.57 Å². The summed E-state index contributed by atoms with van der Waals surface area (Å²) in [5, 5.41) is 16.3. The summed E-state index contributed by atoms with van der Waals surface area (Å²) < 4.78 is 13.1. The molecular formula is C34H32IN3O6. The number of phenols is 1. The number of anilines is 3. The zero-order valence-electron chi connectivity index (χ0n) is 23.9. The van der Waals surface area contributed by atoms with Crippen LogP contribution < -0.4 is 21.1 Å². The number of ketones is 1. The van der Waals surface area contributed by atoms with Gasteiger partial charge in [-0.05, 0) is 115 Å². The number of carbonyl (C=O) groups is 3. The summed E-state index contributed by atoms with van der Waals surface area (Å²) in [6, 6.07) is 27.4. The van der Waals surface area contributed by atoms with Gasteiger partial charge in [-0.25, -0.2) is 4.79 Å². The van der Waals surface area contributed by atoms with Gasteiger partial charge < -0.3 is 25.6 Å². The quantitative estimate of drug-likeness (QED) is 0.0518. The molecule has 4 aromatic carbocycles. The molecule has 2 amide bonds. The number of nitrogens with two attached hydrogens (primary N) is 1. The first-order valence-corrected chi connectivity index (χ1v) is 14.9. The largest absolute Gasteiger partial charge is 0.508 e. The first-order valence-electron chi connectivity index (χ1n) is 13.8. The minimum atomic E-state index is -1.03. The van der Waals surface area contributed by atoms with Crippen LogP contribution in [0.25, 0.3) is 0 Å². The number of para-hydroxylation sites is 3. The number of benzene rings is 4. The van der Waals surface area contributed by atoms with Gasteiger partial charge >= 0.3 is 6.09 Å². The number of ether oxygens (including phenoxy) is 2. The number of hydrogen-bond donors (Lipinski definition) is 4. The molecule has 0 aliphatic heterocycles. The molecule has 5 N–H and O–H groups in total. The van der Waals surface area contributed by atoms with Crippen molar-refractivity contribution in [1.82, 2.24) is 0 Å². The Hall–Kier alpha value is -4.84. The second-order valence-electron chi connectivity index (χ2n) is 9.81. The minimum absolute atomic E-state index is 0.0638. The Morgan fingerprint density at radius 1 is 0.932 bits per heavy atom. The van der Waals surface area contributed by atoms with Crippen molar-refractivity contribution in [3.8, 4) is 11.5 Å². The molecule has 0 heterocycles. The number of nitrogen functional groups attached to an aromatic ring is 1. The highest BCUT2D eigenvalue weighted by atomic mass is 127. The van der Waals surface area contributed by atoms with Gasteiger partial charge in [0, 0.05) is 20.4 Å². The second-order valence-corrected chi connectivity index (χ2v) is 11.1. The van der Waals surface area contributed by atoms with Crippen LogP contribution in [0.15, 0.2) is 109 Å². The molecular weight excluding hydrogens is 673 g/mol. The summed E-state index contributed by atoms with van der Waals surface area (Å²) in [6.07, 6.45) is 1.23. The van der Waals surface area contributed by atoms with Crippen molar-refractivity contribution in [3.63, 3.8) is 0 Å². The fourth-order valence-corrected chi connectivity index (χ4v) is 4.84. The average Bonchev–Trinajstić information content (AvgIpc) is 3.01. The third-order valence-electron chi connectivity index (χ3n) is 6.54. The van der Waals surface area contributed by atoms with Gasteiger partial charge in [0.25, 0.3) is 0 Å². The molecule has 0 fully saturated rings. The highest BCUT2D eigenvalue weighted by molar-refractivity contribution is 14.1. The maximum absolute atomic E-state index is 13.2. The van der Waals surface area contributed by atoms with Crippen molar-refractivity contribution in [3.05, 3.63) is 124 Å². The van der Waals surface area contributed by atoms with E-state index in [1.165, 1.54) is 19.1 Å². The van der Waals surface area contributed by atoms with Crippen molar-refractivity contribution in [2.75, 3.05) is 16.4 Å². The molecule has 10 heteroatoms. The van der Waals surface area contributed by atoms with Gasteiger partial charge in [0.2, 0.25) is 5.91 Å². The number of hydrogen-bond acceptors (Lipinski definition) is 7. The zero-order valence-corrected chi connectivity index (χ0v) is 26.1. The van der Waals surface area contributed by atoms with E-state index in [-0.39, 0.29) is 17.4 Å². The van der Waals surface area contributed by atoms with Crippen LogP contribution in [0.4, 0.5) is 21.9 Å². The van der Waals surface area contributed by atoms with Gasteiger partial charge in [-0.2, -0.15) is 0 Å². The van der Waals surface area contributed by atoms with Crippen molar-refractivity contribution in [2.24, 2.45) is 0 Å². The predicted molar refractivity (Wildman–Crippen MR) is 179 cm³/mol. The van der Waals surface area contributed by atoms with E-state index in [0.29, 0.717) is 46.8 Å². The second kappa shape index (κ2) is 15.6. The Balaban J connectivity index is 1.56. The van der Waals surface area contributed by atoms with Gasteiger partial charge in [0.15, 0.2) is 11.9 Å². The first-order chi connectivity index (χ1) is 21.2. The highest BCUT2D eigenvalue weighted by Gasteiger charge is 2.31. The Morgan fingerprint density at radius 3 is 2.34 bits per heavy atom. The lowest BCUT2D eigenvalue weighted by Crippen LogP contribution is -2.31. The number of halogens is 1. The Kier molecular flexibility index (Phi) is 11.4. The topological polar surface area (TPSA) is 140 Å². The molecule has 0 saturated carbocycles. The number of Topliss-reactive ketones (excluding diaryl/α,β-unsaturated/α-hetero) is 1. The number of carbonyl (C=O) groups excluding carboxylic acids is 3. The van der Waals surface area contributed by atoms with E-state index in [4.69, 9.17) is 15.2 Å². The lowest BCUT2D eigenvalue weighted by Gasteiger charge is -2.28. The molecule has 44 heavy (non-hydrogen) atoms. The van der Waals surface area contributed by atoms with Gasteiger partial charge in [-0.1, -0.05) is 36.4 Å². The third-order valence-corrected chi connectivity index (χ3v) is 7.21. The number of aromatic hydroxyl groups is 1. The molecule has 0 bridgehead atoms. The standard InChI is InChI=1S/C34H32IN3O6/c1-22(39)23-15-18-25(19-16-23)37-34(42)44-33(27-21-24(35)17-20-30(27)40)31(43-26-9-3-2-4-10-26)13-7-8-14-32(41)38-29-12-6-5-11-28(29)36/h2-6,8-12,14-21,31,33,40H,7,13,36H2,1H3,(H,37,42)(H,38,41)/b14-8+/t31-,33-/m1/s1. The van der Waals surface area contributed by atoms with E-state index in [9.17, 15) is 19.5 Å². The fourth-order valence-electron chi connectivity index (χ4n) is 4.33. The molecule has 4 rings (SSSR count). The molecule has 0 aliphatic rings. The van der Waals surface area contributed by atoms with Crippen LogP contribution in [0, 0.1) is 3.57 Å². The van der Waals surface area contributed by atoms with Crippen LogP contribution in [0.5, 0.6) is 11.5 Å². The van der Waals surface area contributed by atoms with Crippen molar-refractivity contribution in [1.29, 1.82) is 0 Å². The van der Waals surface area contributed by atoms with E-state index in [2.05, 4.69) is 33.2 Å². The number of nitrogens with one attached hydrogen (secondary N) is 2. The number of allylic oxidation sites excluding steroid dienone is 1. The average molecular weight is 706 g/mol. The van der Waals surface area contributed by atoms with Crippen molar-refractivity contribution >= 4 is 57.4 Å². The molecule has 9 nitrogen and oxygen atoms in total. The Labute approximate surface area is 269 Å². The van der Waals surface area contributed by atoms with Crippen molar-refractivity contribution in [2.45, 2.75) is 32.0 Å². The van der Waals surface area contributed by atoms with Gasteiger partial charge in [0.1, 0.15) is 17.6 Å². The molecule has 226 valence electrons. The van der Waals surface area contributed by atoms with Crippen LogP contribution in [0.1, 0.15) is 41.8 Å². The van der Waals surface area contributed by atoms with Crippen LogP contribution in [0.2, 0.25) is 0 Å². The maximum atomic E-state index is 13.2. The molecule has 0 aliphatic carbocycles. The number of amides is 2. The first kappa shape index (κ1) is 32.1. The van der Waals surface area contributed by atoms with Gasteiger partial charge in [-0.3, -0.25) is 14.9 Å². The summed E-state index contributed by atoms with van der Waals surface area (Å²) >= 11 is 2.12. The predicted octanol–water partition coefficient (Wildman–Crippen LogP) is 7.49. The molecule has 4 aromatic rings. The molecule has 2 atom stereocenters. The zero-order chi connectivity index (χ0) is 31.5. The van der Waals surface area contributed by atoms with Crippen LogP contribution in [-0.4, -0.2) is 29.0 Å². The number of rotatable bonds is 12. The maximum Gasteiger partial charge on any atom is 0.412 e. The highest BCUT2D eigenvalue weighted by Crippen LogP contribution is 2.35. The molecule has 0 aromatic heterocycles. The summed E-state index contributed by atoms with van der Waals surface area (Å²) in [6.45, 7) is 1.46. The Morgan fingerprint density at radius 2 is 1.64 bits per heavy atom. The molecule has 0 unspecified atom stereocenters. The van der Waals surface area contributed by atoms with E-state index in [1.807, 2.05) is 18.2 Å². The van der Waals surface area contributed by atoms with Crippen LogP contribution in [0.3, 0.4) is 0 Å². The summed E-state index contributed by atoms with van der Waals surface area (Å²) in [4.78, 5) is 37.3. The minimum Gasteiger partial charge on any atom is -0.508 e. The monoisotopic (exact) mass is 705 g/mol.